The smallest absolute Gasteiger partial charge is 0.478 e. The van der Waals surface area contributed by atoms with Gasteiger partial charge >= 0.3 is 21.5 Å². The normalized spacial score (nSPS) is 12.3. The average molecular weight is 338 g/mol. The highest BCUT2D eigenvalue weighted by Gasteiger charge is 2.46. The van der Waals surface area contributed by atoms with Crippen LogP contribution in [0, 0.1) is 0 Å². The molecule has 5 nitrogen and oxygen atoms in total. The minimum Gasteiger partial charge on any atom is -0.478 e. The van der Waals surface area contributed by atoms with E-state index in [0.29, 0.717) is 0 Å². The zero-order chi connectivity index (χ0) is 15.0. The Kier molecular flexibility index (Phi) is 4.23. The van der Waals surface area contributed by atoms with Crippen molar-refractivity contribution in [3.05, 3.63) is 27.7 Å². The number of nitrogens with one attached hydrogen (secondary N) is 1. The maximum atomic E-state index is 12.2. The summed E-state index contributed by atoms with van der Waals surface area (Å²) in [5.41, 5.74) is -6.69. The molecule has 0 atom stereocenters. The fraction of sp³-hybridized carbons (Fsp3) is 0.125. The van der Waals surface area contributed by atoms with E-state index in [0.717, 1.165) is 16.9 Å². The first-order chi connectivity index (χ1) is 8.45. The largest absolute Gasteiger partial charge is 0.516 e. The summed E-state index contributed by atoms with van der Waals surface area (Å²) in [5, 5.41) is 7.51. The van der Waals surface area contributed by atoms with Crippen LogP contribution in [0.5, 0.6) is 0 Å². The SMILES string of the molecule is O=C(O)c1cc(Cl)c(NS(=O)(=O)C(F)(F)F)c(Cl)c1. The molecule has 0 aliphatic heterocycles. The van der Waals surface area contributed by atoms with E-state index < -0.39 is 42.8 Å². The number of carboxylic acids is 1. The third-order valence-corrected chi connectivity index (χ3v) is 3.51. The van der Waals surface area contributed by atoms with E-state index >= 15 is 0 Å². The zero-order valence-corrected chi connectivity index (χ0v) is 11.0. The second-order valence-electron chi connectivity index (χ2n) is 3.17. The molecule has 106 valence electrons. The predicted octanol–water partition coefficient (Wildman–Crippen LogP) is 2.95. The molecule has 0 aliphatic rings. The molecule has 0 spiro atoms. The minimum absolute atomic E-state index is 0.398. The van der Waals surface area contributed by atoms with Crippen LogP contribution in [0.2, 0.25) is 10.0 Å². The number of aromatic carboxylic acids is 1. The lowest BCUT2D eigenvalue weighted by Crippen LogP contribution is -2.30. The summed E-state index contributed by atoms with van der Waals surface area (Å²) in [5.74, 6) is -1.42. The highest BCUT2D eigenvalue weighted by molar-refractivity contribution is 7.93. The van der Waals surface area contributed by atoms with Gasteiger partial charge in [-0.25, -0.2) is 4.79 Å². The van der Waals surface area contributed by atoms with Crippen LogP contribution in [0.1, 0.15) is 10.4 Å². The number of alkyl halides is 3. The van der Waals surface area contributed by atoms with Crippen molar-refractivity contribution in [2.24, 2.45) is 0 Å². The number of carboxylic acid groups (broad SMARTS) is 1. The molecule has 0 bridgehead atoms. The molecule has 0 fully saturated rings. The van der Waals surface area contributed by atoms with Crippen LogP contribution in [-0.4, -0.2) is 25.0 Å². The molecule has 1 rings (SSSR count). The monoisotopic (exact) mass is 337 g/mol. The van der Waals surface area contributed by atoms with Gasteiger partial charge in [0.05, 0.1) is 21.3 Å². The number of carbonyl (C=O) groups is 1. The summed E-state index contributed by atoms with van der Waals surface area (Å²) in [7, 11) is -5.70. The zero-order valence-electron chi connectivity index (χ0n) is 8.62. The predicted molar refractivity (Wildman–Crippen MR) is 62.0 cm³/mol. The molecule has 2 N–H and O–H groups in total. The highest BCUT2D eigenvalue weighted by Crippen LogP contribution is 2.35. The summed E-state index contributed by atoms with van der Waals surface area (Å²) in [6.07, 6.45) is 0. The molecular formula is C8H4Cl2F3NO4S. The van der Waals surface area contributed by atoms with E-state index in [-0.39, 0.29) is 0 Å². The van der Waals surface area contributed by atoms with Gasteiger partial charge in [0.15, 0.2) is 0 Å². The van der Waals surface area contributed by atoms with Crippen LogP contribution in [-0.2, 0) is 10.0 Å². The first-order valence-corrected chi connectivity index (χ1v) is 6.51. The van der Waals surface area contributed by atoms with Crippen molar-refractivity contribution in [3.8, 4) is 0 Å². The van der Waals surface area contributed by atoms with Gasteiger partial charge in [-0.05, 0) is 12.1 Å². The van der Waals surface area contributed by atoms with Gasteiger partial charge in [-0.1, -0.05) is 23.2 Å². The number of anilines is 1. The molecular weight excluding hydrogens is 334 g/mol. The number of benzene rings is 1. The molecule has 0 amide bonds. The molecule has 19 heavy (non-hydrogen) atoms. The van der Waals surface area contributed by atoms with E-state index in [2.05, 4.69) is 0 Å². The summed E-state index contributed by atoms with van der Waals surface area (Å²) in [6, 6.07) is 1.54. The topological polar surface area (TPSA) is 83.5 Å². The Hall–Kier alpha value is -1.19. The summed E-state index contributed by atoms with van der Waals surface area (Å²) in [6.45, 7) is 0. The lowest BCUT2D eigenvalue weighted by Gasteiger charge is -2.13. The minimum atomic E-state index is -5.70. The molecule has 0 aliphatic carbocycles. The second kappa shape index (κ2) is 5.06. The fourth-order valence-corrected chi connectivity index (χ4v) is 2.28. The van der Waals surface area contributed by atoms with E-state index in [4.69, 9.17) is 28.3 Å². The van der Waals surface area contributed by atoms with Gasteiger partial charge in [0, 0.05) is 0 Å². The van der Waals surface area contributed by atoms with Crippen LogP contribution in [0.4, 0.5) is 18.9 Å². The molecule has 0 saturated carbocycles. The maximum absolute atomic E-state index is 12.2. The van der Waals surface area contributed by atoms with Crippen LogP contribution in [0.3, 0.4) is 0 Å². The van der Waals surface area contributed by atoms with E-state index in [9.17, 15) is 26.4 Å². The average Bonchev–Trinajstić information content (AvgIpc) is 2.21. The number of halogens is 5. The van der Waals surface area contributed by atoms with Gasteiger partial charge in [0.25, 0.3) is 0 Å². The quantitative estimate of drug-likeness (QED) is 0.888. The van der Waals surface area contributed by atoms with Gasteiger partial charge in [0.1, 0.15) is 0 Å². The van der Waals surface area contributed by atoms with Crippen molar-refractivity contribution in [2.75, 3.05) is 4.72 Å². The van der Waals surface area contributed by atoms with Crippen molar-refractivity contribution in [1.82, 2.24) is 0 Å². The van der Waals surface area contributed by atoms with Crippen LogP contribution in [0.25, 0.3) is 0 Å². The van der Waals surface area contributed by atoms with Gasteiger partial charge in [-0.3, -0.25) is 4.72 Å². The Morgan fingerprint density at radius 1 is 1.21 bits per heavy atom. The van der Waals surface area contributed by atoms with Crippen molar-refractivity contribution in [1.29, 1.82) is 0 Å². The molecule has 1 aromatic carbocycles. The second-order valence-corrected chi connectivity index (χ2v) is 5.66. The number of hydrogen-bond acceptors (Lipinski definition) is 3. The van der Waals surface area contributed by atoms with Crippen LogP contribution < -0.4 is 4.72 Å². The van der Waals surface area contributed by atoms with Crippen molar-refractivity contribution < 1.29 is 31.5 Å². The summed E-state index contributed by atoms with van der Waals surface area (Å²) >= 11 is 11.0. The third kappa shape index (κ3) is 3.43. The molecule has 0 unspecified atom stereocenters. The Morgan fingerprint density at radius 2 is 1.63 bits per heavy atom. The van der Waals surface area contributed by atoms with E-state index in [1.165, 1.54) is 0 Å². The molecule has 0 radical (unpaired) electrons. The van der Waals surface area contributed by atoms with Crippen molar-refractivity contribution >= 4 is 44.9 Å². The summed E-state index contributed by atoms with van der Waals surface area (Å²) < 4.78 is 59.4. The summed E-state index contributed by atoms with van der Waals surface area (Å²) in [4.78, 5) is 10.6. The number of hydrogen-bond donors (Lipinski definition) is 2. The Labute approximate surface area is 115 Å². The van der Waals surface area contributed by atoms with Gasteiger partial charge in [-0.15, -0.1) is 0 Å². The molecule has 11 heteroatoms. The van der Waals surface area contributed by atoms with Crippen LogP contribution in [0.15, 0.2) is 12.1 Å². The highest BCUT2D eigenvalue weighted by atomic mass is 35.5. The lowest BCUT2D eigenvalue weighted by atomic mass is 10.2. The molecule has 1 aromatic rings. The van der Waals surface area contributed by atoms with Crippen LogP contribution >= 0.6 is 23.2 Å². The third-order valence-electron chi connectivity index (χ3n) is 1.83. The van der Waals surface area contributed by atoms with Gasteiger partial charge < -0.3 is 5.11 Å². The maximum Gasteiger partial charge on any atom is 0.516 e. The Morgan fingerprint density at radius 3 is 1.95 bits per heavy atom. The van der Waals surface area contributed by atoms with E-state index in [1.54, 1.807) is 0 Å². The Balaban J connectivity index is 3.29. The fourth-order valence-electron chi connectivity index (χ4n) is 0.986. The van der Waals surface area contributed by atoms with Crippen molar-refractivity contribution in [2.45, 2.75) is 5.51 Å². The van der Waals surface area contributed by atoms with Gasteiger partial charge in [-0.2, -0.15) is 21.6 Å². The first kappa shape index (κ1) is 15.9. The number of sulfonamides is 1. The molecule has 0 heterocycles. The first-order valence-electron chi connectivity index (χ1n) is 4.27. The molecule has 0 aromatic heterocycles. The molecule has 0 saturated heterocycles. The van der Waals surface area contributed by atoms with Crippen molar-refractivity contribution in [3.63, 3.8) is 0 Å². The standard InChI is InChI=1S/C8H4Cl2F3NO4S/c9-4-1-3(7(15)16)2-5(10)6(4)14-19(17,18)8(11,12)13/h1-2,14H,(H,15,16). The number of rotatable bonds is 3. The lowest BCUT2D eigenvalue weighted by molar-refractivity contribution is -0.0429. The van der Waals surface area contributed by atoms with Gasteiger partial charge in [0.2, 0.25) is 0 Å². The Bertz CT molecular complexity index is 606. The van der Waals surface area contributed by atoms with E-state index in [1.807, 2.05) is 0 Å².